The third-order valence-electron chi connectivity index (χ3n) is 2.17. The zero-order chi connectivity index (χ0) is 13.1. The number of aromatic nitrogens is 1. The Bertz CT molecular complexity index is 407. The highest BCUT2D eigenvalue weighted by molar-refractivity contribution is 5.93. The number of nitrogens with zero attached hydrogens (tertiary/aromatic N) is 2. The van der Waals surface area contributed by atoms with E-state index in [-0.39, 0.29) is 17.8 Å². The number of carbonyl (C=O) groups is 1. The third-order valence-corrected chi connectivity index (χ3v) is 2.17. The fourth-order valence-corrected chi connectivity index (χ4v) is 1.30. The lowest BCUT2D eigenvalue weighted by atomic mass is 10.2. The number of carboxylic acid groups (broad SMARTS) is 1. The fraction of sp³-hybridized carbons (Fsp3) is 0.400. The minimum atomic E-state index is -4.26. The minimum absolute atomic E-state index is 0.114. The SMILES string of the molecule is CN(CCC(F)(F)F)c1ccncc1C(=O)O. The van der Waals surface area contributed by atoms with Crippen molar-refractivity contribution in [2.75, 3.05) is 18.5 Å². The van der Waals surface area contributed by atoms with Crippen LogP contribution in [0.2, 0.25) is 0 Å². The monoisotopic (exact) mass is 248 g/mol. The molecule has 0 aliphatic carbocycles. The van der Waals surface area contributed by atoms with Gasteiger partial charge in [0.25, 0.3) is 0 Å². The molecular formula is C10H11F3N2O2. The number of hydrogen-bond acceptors (Lipinski definition) is 3. The number of rotatable bonds is 4. The Morgan fingerprint density at radius 2 is 2.18 bits per heavy atom. The summed E-state index contributed by atoms with van der Waals surface area (Å²) in [5.74, 6) is -1.22. The Hall–Kier alpha value is -1.79. The van der Waals surface area contributed by atoms with Crippen molar-refractivity contribution in [1.82, 2.24) is 4.98 Å². The quantitative estimate of drug-likeness (QED) is 0.887. The zero-order valence-corrected chi connectivity index (χ0v) is 9.03. The molecule has 4 nitrogen and oxygen atoms in total. The first-order valence-corrected chi connectivity index (χ1v) is 4.76. The van der Waals surface area contributed by atoms with Gasteiger partial charge in [0.05, 0.1) is 12.1 Å². The smallest absolute Gasteiger partial charge is 0.390 e. The number of aromatic carboxylic acids is 1. The second-order valence-corrected chi connectivity index (χ2v) is 3.48. The van der Waals surface area contributed by atoms with Crippen LogP contribution in [-0.4, -0.2) is 35.8 Å². The van der Waals surface area contributed by atoms with Crippen molar-refractivity contribution in [3.63, 3.8) is 0 Å². The van der Waals surface area contributed by atoms with E-state index >= 15 is 0 Å². The maximum atomic E-state index is 12.0. The molecule has 0 aliphatic rings. The summed E-state index contributed by atoms with van der Waals surface area (Å²) in [5.41, 5.74) is 0.105. The number of pyridine rings is 1. The van der Waals surface area contributed by atoms with Gasteiger partial charge in [-0.3, -0.25) is 4.98 Å². The Balaban J connectivity index is 2.82. The molecule has 1 heterocycles. The molecule has 0 radical (unpaired) electrons. The molecule has 17 heavy (non-hydrogen) atoms. The first kappa shape index (κ1) is 13.3. The van der Waals surface area contributed by atoms with Crippen LogP contribution < -0.4 is 4.90 Å². The molecule has 0 fully saturated rings. The lowest BCUT2D eigenvalue weighted by Gasteiger charge is -2.21. The summed E-state index contributed by atoms with van der Waals surface area (Å²) in [5, 5.41) is 8.85. The van der Waals surface area contributed by atoms with Gasteiger partial charge in [0.15, 0.2) is 0 Å². The predicted octanol–water partition coefficient (Wildman–Crippen LogP) is 2.17. The van der Waals surface area contributed by atoms with E-state index in [1.807, 2.05) is 0 Å². The molecule has 0 bridgehead atoms. The molecule has 0 aromatic carbocycles. The van der Waals surface area contributed by atoms with E-state index in [1.165, 1.54) is 24.2 Å². The molecule has 1 aromatic heterocycles. The van der Waals surface area contributed by atoms with Crippen molar-refractivity contribution < 1.29 is 23.1 Å². The molecular weight excluding hydrogens is 237 g/mol. The van der Waals surface area contributed by atoms with Crippen LogP contribution in [0, 0.1) is 0 Å². The van der Waals surface area contributed by atoms with Gasteiger partial charge in [0, 0.05) is 26.0 Å². The summed E-state index contributed by atoms with van der Waals surface area (Å²) in [6, 6.07) is 1.37. The summed E-state index contributed by atoms with van der Waals surface area (Å²) in [6.07, 6.45) is -2.80. The highest BCUT2D eigenvalue weighted by Crippen LogP contribution is 2.23. The van der Waals surface area contributed by atoms with Crippen molar-refractivity contribution in [3.05, 3.63) is 24.0 Å². The van der Waals surface area contributed by atoms with Crippen molar-refractivity contribution in [2.24, 2.45) is 0 Å². The van der Waals surface area contributed by atoms with E-state index in [0.29, 0.717) is 0 Å². The number of carboxylic acids is 1. The van der Waals surface area contributed by atoms with E-state index in [0.717, 1.165) is 6.20 Å². The Kier molecular flexibility index (Phi) is 3.93. The summed E-state index contributed by atoms with van der Waals surface area (Å²) in [6.45, 7) is -0.298. The summed E-state index contributed by atoms with van der Waals surface area (Å²) < 4.78 is 36.1. The van der Waals surface area contributed by atoms with Gasteiger partial charge in [-0.05, 0) is 6.07 Å². The van der Waals surface area contributed by atoms with Crippen molar-refractivity contribution in [1.29, 1.82) is 0 Å². The van der Waals surface area contributed by atoms with E-state index < -0.39 is 18.6 Å². The lowest BCUT2D eigenvalue weighted by Crippen LogP contribution is -2.25. The summed E-state index contributed by atoms with van der Waals surface area (Å²) >= 11 is 0. The van der Waals surface area contributed by atoms with E-state index in [4.69, 9.17) is 5.11 Å². The molecule has 0 spiro atoms. The van der Waals surface area contributed by atoms with Crippen molar-refractivity contribution in [2.45, 2.75) is 12.6 Å². The van der Waals surface area contributed by atoms with Crippen LogP contribution in [0.25, 0.3) is 0 Å². The van der Waals surface area contributed by atoms with Crippen LogP contribution in [0.4, 0.5) is 18.9 Å². The standard InChI is InChI=1S/C10H11F3N2O2/c1-15(5-3-10(11,12)13)8-2-4-14-6-7(8)9(16)17/h2,4,6H,3,5H2,1H3,(H,16,17). The van der Waals surface area contributed by atoms with E-state index in [2.05, 4.69) is 4.98 Å². The van der Waals surface area contributed by atoms with E-state index in [1.54, 1.807) is 0 Å². The number of alkyl halides is 3. The van der Waals surface area contributed by atoms with Gasteiger partial charge < -0.3 is 10.0 Å². The normalized spacial score (nSPS) is 11.3. The lowest BCUT2D eigenvalue weighted by molar-refractivity contribution is -0.132. The topological polar surface area (TPSA) is 53.4 Å². The van der Waals surface area contributed by atoms with Gasteiger partial charge in [-0.2, -0.15) is 13.2 Å². The molecule has 1 N–H and O–H groups in total. The van der Waals surface area contributed by atoms with Crippen LogP contribution in [0.5, 0.6) is 0 Å². The maximum Gasteiger partial charge on any atom is 0.390 e. The molecule has 0 aliphatic heterocycles. The zero-order valence-electron chi connectivity index (χ0n) is 9.03. The van der Waals surface area contributed by atoms with Gasteiger partial charge >= 0.3 is 12.1 Å². The van der Waals surface area contributed by atoms with Crippen LogP contribution >= 0.6 is 0 Å². The maximum absolute atomic E-state index is 12.0. The molecule has 0 saturated heterocycles. The first-order valence-electron chi connectivity index (χ1n) is 4.76. The molecule has 1 rings (SSSR count). The van der Waals surface area contributed by atoms with E-state index in [9.17, 15) is 18.0 Å². The van der Waals surface area contributed by atoms with Gasteiger partial charge in [-0.15, -0.1) is 0 Å². The molecule has 0 unspecified atom stereocenters. The van der Waals surface area contributed by atoms with Crippen LogP contribution in [0.15, 0.2) is 18.5 Å². The molecule has 0 amide bonds. The van der Waals surface area contributed by atoms with Crippen molar-refractivity contribution in [3.8, 4) is 0 Å². The van der Waals surface area contributed by atoms with Gasteiger partial charge in [0.1, 0.15) is 5.56 Å². The Morgan fingerprint density at radius 3 is 2.71 bits per heavy atom. The van der Waals surface area contributed by atoms with Crippen LogP contribution in [-0.2, 0) is 0 Å². The Labute approximate surface area is 95.7 Å². The van der Waals surface area contributed by atoms with Crippen molar-refractivity contribution >= 4 is 11.7 Å². The molecule has 1 aromatic rings. The number of halogens is 3. The highest BCUT2D eigenvalue weighted by atomic mass is 19.4. The third kappa shape index (κ3) is 3.93. The number of hydrogen-bond donors (Lipinski definition) is 1. The summed E-state index contributed by atoms with van der Waals surface area (Å²) in [7, 11) is 1.41. The molecule has 7 heteroatoms. The van der Waals surface area contributed by atoms with Crippen LogP contribution in [0.3, 0.4) is 0 Å². The predicted molar refractivity (Wildman–Crippen MR) is 55.1 cm³/mol. The molecule has 0 saturated carbocycles. The second kappa shape index (κ2) is 5.03. The average Bonchev–Trinajstić information content (AvgIpc) is 2.25. The van der Waals surface area contributed by atoms with Crippen LogP contribution in [0.1, 0.15) is 16.8 Å². The number of anilines is 1. The van der Waals surface area contributed by atoms with Gasteiger partial charge in [-0.25, -0.2) is 4.79 Å². The second-order valence-electron chi connectivity index (χ2n) is 3.48. The highest BCUT2D eigenvalue weighted by Gasteiger charge is 2.27. The molecule has 0 atom stereocenters. The molecule has 94 valence electrons. The average molecular weight is 248 g/mol. The van der Waals surface area contributed by atoms with Gasteiger partial charge in [0.2, 0.25) is 0 Å². The fourth-order valence-electron chi connectivity index (χ4n) is 1.30. The van der Waals surface area contributed by atoms with Gasteiger partial charge in [-0.1, -0.05) is 0 Å². The summed E-state index contributed by atoms with van der Waals surface area (Å²) in [4.78, 5) is 15.7. The Morgan fingerprint density at radius 1 is 1.53 bits per heavy atom. The largest absolute Gasteiger partial charge is 0.478 e. The first-order chi connectivity index (χ1) is 7.81. The minimum Gasteiger partial charge on any atom is -0.478 e.